The molecule has 3 heteroatoms. The molecule has 88 valence electrons. The molecule has 1 heterocycles. The van der Waals surface area contributed by atoms with Crippen LogP contribution in [0.5, 0.6) is 0 Å². The van der Waals surface area contributed by atoms with Crippen LogP contribution in [-0.4, -0.2) is 22.7 Å². The van der Waals surface area contributed by atoms with E-state index in [2.05, 4.69) is 16.4 Å². The molecule has 1 saturated carbocycles. The summed E-state index contributed by atoms with van der Waals surface area (Å²) in [5.41, 5.74) is 2.26. The van der Waals surface area contributed by atoms with Gasteiger partial charge in [0.05, 0.1) is 11.8 Å². The third-order valence-corrected chi connectivity index (χ3v) is 3.30. The van der Waals surface area contributed by atoms with E-state index in [-0.39, 0.29) is 6.10 Å². The molecule has 0 radical (unpaired) electrons. The molecule has 1 fully saturated rings. The van der Waals surface area contributed by atoms with Crippen LogP contribution in [0.3, 0.4) is 0 Å². The van der Waals surface area contributed by atoms with Crippen molar-refractivity contribution in [2.24, 2.45) is 5.92 Å². The zero-order chi connectivity index (χ0) is 11.4. The average Bonchev–Trinajstić information content (AvgIpc) is 2.68. The largest absolute Gasteiger partial charge is 0.393 e. The molecule has 0 spiro atoms. The molecule has 16 heavy (non-hydrogen) atoms. The Hall–Kier alpha value is -0.930. The number of rotatable bonds is 4. The number of hydrogen-bond acceptors (Lipinski definition) is 3. The molecular formula is C13H20N2O. The normalized spacial score (nSPS) is 24.9. The van der Waals surface area contributed by atoms with E-state index in [4.69, 9.17) is 0 Å². The van der Waals surface area contributed by atoms with E-state index >= 15 is 0 Å². The van der Waals surface area contributed by atoms with Crippen molar-refractivity contribution >= 4 is 0 Å². The monoisotopic (exact) mass is 220 g/mol. The number of aliphatic hydroxyl groups is 1. The Morgan fingerprint density at radius 3 is 2.94 bits per heavy atom. The maximum absolute atomic E-state index is 9.67. The quantitative estimate of drug-likeness (QED) is 0.811. The van der Waals surface area contributed by atoms with Gasteiger partial charge in [-0.05, 0) is 37.3 Å². The number of pyridine rings is 1. The third-order valence-electron chi connectivity index (χ3n) is 3.30. The van der Waals surface area contributed by atoms with E-state index < -0.39 is 0 Å². The maximum atomic E-state index is 9.67. The topological polar surface area (TPSA) is 45.1 Å². The minimum atomic E-state index is -0.0986. The number of aliphatic hydroxyl groups excluding tert-OH is 1. The summed E-state index contributed by atoms with van der Waals surface area (Å²) in [7, 11) is 0. The summed E-state index contributed by atoms with van der Waals surface area (Å²) in [4.78, 5) is 4.34. The second kappa shape index (κ2) is 5.41. The van der Waals surface area contributed by atoms with Crippen LogP contribution in [0.2, 0.25) is 0 Å². The maximum Gasteiger partial charge on any atom is 0.0580 e. The Kier molecular flexibility index (Phi) is 3.91. The Labute approximate surface area is 96.9 Å². The summed E-state index contributed by atoms with van der Waals surface area (Å²) >= 11 is 0. The molecule has 2 rings (SSSR count). The Morgan fingerprint density at radius 1 is 1.44 bits per heavy atom. The fraction of sp³-hybridized carbons (Fsp3) is 0.615. The number of aryl methyl sites for hydroxylation is 1. The van der Waals surface area contributed by atoms with Crippen LogP contribution in [0.15, 0.2) is 18.3 Å². The standard InChI is InChI=1S/C13H20N2O/c1-10-5-6-12(15-7-10)9-14-8-11-3-2-4-13(11)16/h5-7,11,13-14,16H,2-4,8-9H2,1H3. The molecular weight excluding hydrogens is 200 g/mol. The number of hydrogen-bond donors (Lipinski definition) is 2. The van der Waals surface area contributed by atoms with Crippen LogP contribution in [0.1, 0.15) is 30.5 Å². The van der Waals surface area contributed by atoms with Gasteiger partial charge in [0.15, 0.2) is 0 Å². The van der Waals surface area contributed by atoms with Gasteiger partial charge in [-0.2, -0.15) is 0 Å². The number of nitrogens with one attached hydrogen (secondary N) is 1. The Balaban J connectivity index is 1.73. The molecule has 0 aromatic carbocycles. The molecule has 2 atom stereocenters. The van der Waals surface area contributed by atoms with Crippen LogP contribution in [0.4, 0.5) is 0 Å². The van der Waals surface area contributed by atoms with Gasteiger partial charge in [0.25, 0.3) is 0 Å². The summed E-state index contributed by atoms with van der Waals surface area (Å²) in [6.45, 7) is 3.74. The molecule has 1 aliphatic rings. The zero-order valence-electron chi connectivity index (χ0n) is 9.82. The Morgan fingerprint density at radius 2 is 2.31 bits per heavy atom. The molecule has 2 unspecified atom stereocenters. The zero-order valence-corrected chi connectivity index (χ0v) is 9.82. The van der Waals surface area contributed by atoms with Gasteiger partial charge in [0.1, 0.15) is 0 Å². The lowest BCUT2D eigenvalue weighted by Gasteiger charge is -2.14. The predicted molar refractivity (Wildman–Crippen MR) is 64.0 cm³/mol. The number of nitrogens with zero attached hydrogens (tertiary/aromatic N) is 1. The molecule has 0 aliphatic heterocycles. The molecule has 0 saturated heterocycles. The molecule has 3 nitrogen and oxygen atoms in total. The fourth-order valence-electron chi connectivity index (χ4n) is 2.24. The van der Waals surface area contributed by atoms with E-state index in [0.29, 0.717) is 5.92 Å². The summed E-state index contributed by atoms with van der Waals surface area (Å²) < 4.78 is 0. The van der Waals surface area contributed by atoms with Gasteiger partial charge in [-0.3, -0.25) is 4.98 Å². The highest BCUT2D eigenvalue weighted by atomic mass is 16.3. The summed E-state index contributed by atoms with van der Waals surface area (Å²) in [5.74, 6) is 0.436. The minimum Gasteiger partial charge on any atom is -0.393 e. The summed E-state index contributed by atoms with van der Waals surface area (Å²) in [6.07, 6.45) is 5.07. The predicted octanol–water partition coefficient (Wildman–Crippen LogP) is 1.64. The van der Waals surface area contributed by atoms with Gasteiger partial charge in [-0.15, -0.1) is 0 Å². The second-order valence-corrected chi connectivity index (χ2v) is 4.72. The van der Waals surface area contributed by atoms with Gasteiger partial charge in [0, 0.05) is 19.3 Å². The van der Waals surface area contributed by atoms with E-state index in [0.717, 1.165) is 38.0 Å². The van der Waals surface area contributed by atoms with Gasteiger partial charge in [0.2, 0.25) is 0 Å². The lowest BCUT2D eigenvalue weighted by atomic mass is 10.1. The molecule has 0 amide bonds. The highest BCUT2D eigenvalue weighted by Gasteiger charge is 2.24. The van der Waals surface area contributed by atoms with E-state index in [9.17, 15) is 5.11 Å². The first-order chi connectivity index (χ1) is 7.75. The summed E-state index contributed by atoms with van der Waals surface area (Å²) in [6, 6.07) is 4.13. The molecule has 0 bridgehead atoms. The SMILES string of the molecule is Cc1ccc(CNCC2CCCC2O)nc1. The molecule has 1 aliphatic carbocycles. The lowest BCUT2D eigenvalue weighted by Crippen LogP contribution is -2.27. The van der Waals surface area contributed by atoms with Gasteiger partial charge in [-0.1, -0.05) is 12.5 Å². The van der Waals surface area contributed by atoms with E-state index in [1.54, 1.807) is 0 Å². The Bertz CT molecular complexity index is 323. The first kappa shape index (κ1) is 11.6. The first-order valence-corrected chi connectivity index (χ1v) is 6.06. The molecule has 1 aromatic rings. The molecule has 2 N–H and O–H groups in total. The van der Waals surface area contributed by atoms with E-state index in [1.165, 1.54) is 5.56 Å². The van der Waals surface area contributed by atoms with Crippen molar-refractivity contribution in [2.45, 2.75) is 38.8 Å². The highest BCUT2D eigenvalue weighted by Crippen LogP contribution is 2.24. The van der Waals surface area contributed by atoms with Crippen LogP contribution in [0.25, 0.3) is 0 Å². The lowest BCUT2D eigenvalue weighted by molar-refractivity contribution is 0.131. The highest BCUT2D eigenvalue weighted by molar-refractivity contribution is 5.11. The van der Waals surface area contributed by atoms with Crippen LogP contribution < -0.4 is 5.32 Å². The van der Waals surface area contributed by atoms with Crippen LogP contribution >= 0.6 is 0 Å². The van der Waals surface area contributed by atoms with Crippen LogP contribution in [-0.2, 0) is 6.54 Å². The van der Waals surface area contributed by atoms with Crippen molar-refractivity contribution in [3.63, 3.8) is 0 Å². The first-order valence-electron chi connectivity index (χ1n) is 6.06. The summed E-state index contributed by atoms with van der Waals surface area (Å²) in [5, 5.41) is 13.0. The van der Waals surface area contributed by atoms with Crippen molar-refractivity contribution < 1.29 is 5.11 Å². The second-order valence-electron chi connectivity index (χ2n) is 4.72. The van der Waals surface area contributed by atoms with Gasteiger partial charge >= 0.3 is 0 Å². The van der Waals surface area contributed by atoms with Crippen molar-refractivity contribution in [1.29, 1.82) is 0 Å². The van der Waals surface area contributed by atoms with Crippen molar-refractivity contribution in [1.82, 2.24) is 10.3 Å². The van der Waals surface area contributed by atoms with Crippen molar-refractivity contribution in [3.8, 4) is 0 Å². The van der Waals surface area contributed by atoms with Crippen molar-refractivity contribution in [2.75, 3.05) is 6.54 Å². The number of aromatic nitrogens is 1. The van der Waals surface area contributed by atoms with E-state index in [1.807, 2.05) is 19.2 Å². The third kappa shape index (κ3) is 3.03. The smallest absolute Gasteiger partial charge is 0.0580 e. The van der Waals surface area contributed by atoms with Crippen molar-refractivity contribution in [3.05, 3.63) is 29.6 Å². The van der Waals surface area contributed by atoms with Crippen LogP contribution in [0, 0.1) is 12.8 Å². The average molecular weight is 220 g/mol. The minimum absolute atomic E-state index is 0.0986. The fourth-order valence-corrected chi connectivity index (χ4v) is 2.24. The molecule has 1 aromatic heterocycles. The van der Waals surface area contributed by atoms with Gasteiger partial charge in [-0.25, -0.2) is 0 Å². The van der Waals surface area contributed by atoms with Gasteiger partial charge < -0.3 is 10.4 Å².